The van der Waals surface area contributed by atoms with Gasteiger partial charge >= 0.3 is 0 Å². The number of morpholine rings is 1. The summed E-state index contributed by atoms with van der Waals surface area (Å²) in [4.78, 5) is 15.3. The van der Waals surface area contributed by atoms with E-state index < -0.39 is 0 Å². The summed E-state index contributed by atoms with van der Waals surface area (Å²) in [5.41, 5.74) is 1.87. The maximum atomic E-state index is 13.0. The highest BCUT2D eigenvalue weighted by molar-refractivity contribution is 6.01. The number of ketones is 1. The zero-order chi connectivity index (χ0) is 15.2. The SMILES string of the molecule is O=C(c1ccccc1)[C@@H](CN1CCOCC1)c1ccccc1. The molecule has 2 aromatic carbocycles. The van der Waals surface area contributed by atoms with Crippen molar-refractivity contribution in [3.8, 4) is 0 Å². The van der Waals surface area contributed by atoms with E-state index in [-0.39, 0.29) is 11.7 Å². The third-order valence-corrected chi connectivity index (χ3v) is 4.12. The molecular weight excluding hydrogens is 274 g/mol. The van der Waals surface area contributed by atoms with Crippen LogP contribution in [0.3, 0.4) is 0 Å². The molecule has 1 atom stereocenters. The fraction of sp³-hybridized carbons (Fsp3) is 0.316. The topological polar surface area (TPSA) is 29.5 Å². The lowest BCUT2D eigenvalue weighted by molar-refractivity contribution is 0.0345. The smallest absolute Gasteiger partial charge is 0.171 e. The predicted molar refractivity (Wildman–Crippen MR) is 87.2 cm³/mol. The van der Waals surface area contributed by atoms with Crippen LogP contribution in [-0.4, -0.2) is 43.5 Å². The highest BCUT2D eigenvalue weighted by atomic mass is 16.5. The average molecular weight is 295 g/mol. The Morgan fingerprint density at radius 1 is 0.955 bits per heavy atom. The molecule has 0 unspecified atom stereocenters. The van der Waals surface area contributed by atoms with Crippen molar-refractivity contribution < 1.29 is 9.53 Å². The Balaban J connectivity index is 1.84. The van der Waals surface area contributed by atoms with Crippen LogP contribution in [0.5, 0.6) is 0 Å². The number of carbonyl (C=O) groups excluding carboxylic acids is 1. The van der Waals surface area contributed by atoms with Crippen molar-refractivity contribution in [3.05, 3.63) is 71.8 Å². The van der Waals surface area contributed by atoms with Crippen LogP contribution in [0.1, 0.15) is 21.8 Å². The van der Waals surface area contributed by atoms with Gasteiger partial charge in [0.1, 0.15) is 0 Å². The van der Waals surface area contributed by atoms with Gasteiger partial charge in [-0.15, -0.1) is 0 Å². The molecule has 1 fully saturated rings. The van der Waals surface area contributed by atoms with Gasteiger partial charge < -0.3 is 4.74 Å². The fourth-order valence-electron chi connectivity index (χ4n) is 2.87. The summed E-state index contributed by atoms with van der Waals surface area (Å²) in [7, 11) is 0. The first-order valence-corrected chi connectivity index (χ1v) is 7.79. The summed E-state index contributed by atoms with van der Waals surface area (Å²) < 4.78 is 5.41. The number of rotatable bonds is 5. The maximum absolute atomic E-state index is 13.0. The lowest BCUT2D eigenvalue weighted by Crippen LogP contribution is -2.40. The molecule has 0 radical (unpaired) electrons. The minimum absolute atomic E-state index is 0.123. The van der Waals surface area contributed by atoms with Gasteiger partial charge in [0, 0.05) is 25.2 Å². The van der Waals surface area contributed by atoms with E-state index in [1.54, 1.807) is 0 Å². The van der Waals surface area contributed by atoms with E-state index >= 15 is 0 Å². The van der Waals surface area contributed by atoms with Crippen molar-refractivity contribution in [2.75, 3.05) is 32.8 Å². The standard InChI is InChI=1S/C19H21NO2/c21-19(17-9-5-2-6-10-17)18(16-7-3-1-4-8-16)15-20-11-13-22-14-12-20/h1-10,18H,11-15H2/t18-/m0/s1. The van der Waals surface area contributed by atoms with Gasteiger partial charge in [0.2, 0.25) is 0 Å². The molecule has 1 aliphatic heterocycles. The molecule has 0 aliphatic carbocycles. The molecule has 1 aliphatic rings. The largest absolute Gasteiger partial charge is 0.379 e. The number of ether oxygens (including phenoxy) is 1. The Hall–Kier alpha value is -1.97. The van der Waals surface area contributed by atoms with Gasteiger partial charge in [-0.05, 0) is 5.56 Å². The number of Topliss-reactive ketones (excluding diaryl/α,β-unsaturated/α-hetero) is 1. The Morgan fingerprint density at radius 3 is 2.18 bits per heavy atom. The molecule has 3 nitrogen and oxygen atoms in total. The van der Waals surface area contributed by atoms with E-state index in [4.69, 9.17) is 4.74 Å². The number of nitrogens with zero attached hydrogens (tertiary/aromatic N) is 1. The van der Waals surface area contributed by atoms with Crippen molar-refractivity contribution in [2.24, 2.45) is 0 Å². The Bertz CT molecular complexity index is 591. The molecule has 3 heteroatoms. The molecule has 22 heavy (non-hydrogen) atoms. The zero-order valence-electron chi connectivity index (χ0n) is 12.7. The van der Waals surface area contributed by atoms with Gasteiger partial charge in [-0.1, -0.05) is 60.7 Å². The molecule has 0 N–H and O–H groups in total. The van der Waals surface area contributed by atoms with E-state index in [0.29, 0.717) is 0 Å². The molecule has 0 spiro atoms. The zero-order valence-corrected chi connectivity index (χ0v) is 12.7. The fourth-order valence-corrected chi connectivity index (χ4v) is 2.87. The molecule has 1 saturated heterocycles. The molecule has 0 saturated carbocycles. The first-order valence-electron chi connectivity index (χ1n) is 7.79. The van der Waals surface area contributed by atoms with Gasteiger partial charge in [0.05, 0.1) is 19.1 Å². The first-order chi connectivity index (χ1) is 10.8. The third-order valence-electron chi connectivity index (χ3n) is 4.12. The molecule has 3 rings (SSSR count). The van der Waals surface area contributed by atoms with Crippen molar-refractivity contribution in [1.29, 1.82) is 0 Å². The lowest BCUT2D eigenvalue weighted by atomic mass is 9.90. The first kappa shape index (κ1) is 14.9. The quantitative estimate of drug-likeness (QED) is 0.794. The van der Waals surface area contributed by atoms with Crippen LogP contribution in [0, 0.1) is 0 Å². The maximum Gasteiger partial charge on any atom is 0.171 e. The number of hydrogen-bond donors (Lipinski definition) is 0. The van der Waals surface area contributed by atoms with Gasteiger partial charge in [-0.2, -0.15) is 0 Å². The van der Waals surface area contributed by atoms with Gasteiger partial charge in [0.15, 0.2) is 5.78 Å². The van der Waals surface area contributed by atoms with Gasteiger partial charge in [-0.25, -0.2) is 0 Å². The van der Waals surface area contributed by atoms with E-state index in [1.165, 1.54) is 0 Å². The highest BCUT2D eigenvalue weighted by Crippen LogP contribution is 2.22. The van der Waals surface area contributed by atoms with Crippen LogP contribution in [0.2, 0.25) is 0 Å². The van der Waals surface area contributed by atoms with Crippen molar-refractivity contribution in [2.45, 2.75) is 5.92 Å². The summed E-state index contributed by atoms with van der Waals surface area (Å²) in [5, 5.41) is 0. The van der Waals surface area contributed by atoms with Crippen LogP contribution in [-0.2, 0) is 4.74 Å². The second kappa shape index (κ2) is 7.34. The van der Waals surface area contributed by atoms with E-state index in [2.05, 4.69) is 4.90 Å². The average Bonchev–Trinajstić information content (AvgIpc) is 2.61. The van der Waals surface area contributed by atoms with E-state index in [0.717, 1.165) is 44.0 Å². The third kappa shape index (κ3) is 3.62. The van der Waals surface area contributed by atoms with E-state index in [1.807, 2.05) is 60.7 Å². The monoisotopic (exact) mass is 295 g/mol. The van der Waals surface area contributed by atoms with Crippen LogP contribution in [0.15, 0.2) is 60.7 Å². The van der Waals surface area contributed by atoms with Crippen molar-refractivity contribution in [3.63, 3.8) is 0 Å². The van der Waals surface area contributed by atoms with Crippen LogP contribution in [0.25, 0.3) is 0 Å². The minimum atomic E-state index is -0.123. The number of carbonyl (C=O) groups is 1. The molecule has 0 aromatic heterocycles. The van der Waals surface area contributed by atoms with Crippen LogP contribution >= 0.6 is 0 Å². The summed E-state index contributed by atoms with van der Waals surface area (Å²) in [6.45, 7) is 4.04. The molecular formula is C19H21NO2. The second-order valence-corrected chi connectivity index (χ2v) is 5.61. The summed E-state index contributed by atoms with van der Waals surface area (Å²) in [6.07, 6.45) is 0. The van der Waals surface area contributed by atoms with Crippen molar-refractivity contribution >= 4 is 5.78 Å². The number of hydrogen-bond acceptors (Lipinski definition) is 3. The predicted octanol–water partition coefficient (Wildman–Crippen LogP) is 2.99. The Morgan fingerprint density at radius 2 is 1.55 bits per heavy atom. The Labute approximate surface area is 131 Å². The van der Waals surface area contributed by atoms with Crippen LogP contribution < -0.4 is 0 Å². The molecule has 1 heterocycles. The molecule has 2 aromatic rings. The normalized spacial score (nSPS) is 17.1. The summed E-state index contributed by atoms with van der Waals surface area (Å²) in [5.74, 6) is 0.0694. The second-order valence-electron chi connectivity index (χ2n) is 5.61. The van der Waals surface area contributed by atoms with Gasteiger partial charge in [-0.3, -0.25) is 9.69 Å². The molecule has 0 amide bonds. The molecule has 0 bridgehead atoms. The summed E-state index contributed by atoms with van der Waals surface area (Å²) >= 11 is 0. The van der Waals surface area contributed by atoms with E-state index in [9.17, 15) is 4.79 Å². The van der Waals surface area contributed by atoms with Crippen molar-refractivity contribution in [1.82, 2.24) is 4.90 Å². The number of benzene rings is 2. The molecule has 114 valence electrons. The van der Waals surface area contributed by atoms with Crippen LogP contribution in [0.4, 0.5) is 0 Å². The van der Waals surface area contributed by atoms with Gasteiger partial charge in [0.25, 0.3) is 0 Å². The lowest BCUT2D eigenvalue weighted by Gasteiger charge is -2.30. The Kier molecular flexibility index (Phi) is 4.99. The summed E-state index contributed by atoms with van der Waals surface area (Å²) in [6, 6.07) is 19.7. The highest BCUT2D eigenvalue weighted by Gasteiger charge is 2.25. The minimum Gasteiger partial charge on any atom is -0.379 e.